The molecular formula is C18H21N3O3. The van der Waals surface area contributed by atoms with Crippen molar-refractivity contribution in [3.8, 4) is 0 Å². The number of benzene rings is 1. The number of nitrogens with zero attached hydrogens (tertiary/aromatic N) is 3. The summed E-state index contributed by atoms with van der Waals surface area (Å²) in [5.74, 6) is -1.23. The molecule has 0 radical (unpaired) electrons. The van der Waals surface area contributed by atoms with Crippen LogP contribution in [0.3, 0.4) is 0 Å². The molecule has 1 heterocycles. The molecule has 0 unspecified atom stereocenters. The summed E-state index contributed by atoms with van der Waals surface area (Å²) in [4.78, 5) is 26.4. The van der Waals surface area contributed by atoms with Gasteiger partial charge in [-0.15, -0.1) is 0 Å². The number of rotatable bonds is 6. The van der Waals surface area contributed by atoms with E-state index >= 15 is 0 Å². The van der Waals surface area contributed by atoms with E-state index < -0.39 is 12.0 Å². The molecule has 3 rings (SSSR count). The number of aromatic nitrogens is 2. The summed E-state index contributed by atoms with van der Waals surface area (Å²) < 4.78 is 1.52. The smallest absolute Gasteiger partial charge is 0.326 e. The largest absolute Gasteiger partial charge is 0.480 e. The molecule has 2 aromatic rings. The number of carboxylic acids is 1. The number of hydrogen-bond donors (Lipinski definition) is 1. The molecule has 1 amide bonds. The molecule has 1 aliphatic carbocycles. The van der Waals surface area contributed by atoms with Crippen molar-refractivity contribution in [1.82, 2.24) is 14.7 Å². The Morgan fingerprint density at radius 2 is 2.00 bits per heavy atom. The molecule has 24 heavy (non-hydrogen) atoms. The van der Waals surface area contributed by atoms with Crippen LogP contribution in [0.15, 0.2) is 36.4 Å². The minimum atomic E-state index is -0.974. The lowest BCUT2D eigenvalue weighted by Gasteiger charge is -2.29. The Morgan fingerprint density at radius 1 is 1.33 bits per heavy atom. The van der Waals surface area contributed by atoms with Crippen molar-refractivity contribution >= 4 is 11.9 Å². The van der Waals surface area contributed by atoms with Crippen molar-refractivity contribution in [3.63, 3.8) is 0 Å². The Hall–Kier alpha value is -2.63. The summed E-state index contributed by atoms with van der Waals surface area (Å²) in [6.45, 7) is 1.82. The fourth-order valence-electron chi connectivity index (χ4n) is 3.00. The Kier molecular flexibility index (Phi) is 4.38. The van der Waals surface area contributed by atoms with E-state index in [4.69, 9.17) is 0 Å². The normalized spacial score (nSPS) is 15.1. The maximum Gasteiger partial charge on any atom is 0.326 e. The first kappa shape index (κ1) is 16.2. The van der Waals surface area contributed by atoms with Crippen LogP contribution in [0, 0.1) is 6.92 Å². The van der Waals surface area contributed by atoms with Crippen LogP contribution in [0.25, 0.3) is 0 Å². The van der Waals surface area contributed by atoms with E-state index in [2.05, 4.69) is 5.10 Å². The van der Waals surface area contributed by atoms with Crippen molar-refractivity contribution in [1.29, 1.82) is 0 Å². The standard InChI is InChI=1S/C18H21N3O3/c1-12-10-15(20(2)19-12)17(22)21(14-8-9-14)16(18(23)24)11-13-6-4-3-5-7-13/h3-7,10,14,16H,8-9,11H2,1-2H3,(H,23,24)/t16-/m1/s1. The lowest BCUT2D eigenvalue weighted by atomic mass is 10.0. The summed E-state index contributed by atoms with van der Waals surface area (Å²) in [5, 5.41) is 13.9. The Morgan fingerprint density at radius 3 is 2.50 bits per heavy atom. The van der Waals surface area contributed by atoms with E-state index in [0.717, 1.165) is 24.1 Å². The first-order valence-corrected chi connectivity index (χ1v) is 8.07. The molecule has 0 saturated heterocycles. The molecule has 6 nitrogen and oxygen atoms in total. The van der Waals surface area contributed by atoms with Crippen LogP contribution in [-0.2, 0) is 18.3 Å². The third-order valence-electron chi connectivity index (χ3n) is 4.29. The number of carbonyl (C=O) groups is 2. The highest BCUT2D eigenvalue weighted by Crippen LogP contribution is 2.31. The maximum absolute atomic E-state index is 13.0. The van der Waals surface area contributed by atoms with Crippen LogP contribution in [0.1, 0.15) is 34.6 Å². The molecule has 0 bridgehead atoms. The van der Waals surface area contributed by atoms with E-state index in [9.17, 15) is 14.7 Å². The summed E-state index contributed by atoms with van der Waals surface area (Å²) in [6.07, 6.45) is 2.00. The van der Waals surface area contributed by atoms with Gasteiger partial charge < -0.3 is 10.0 Å². The maximum atomic E-state index is 13.0. The van der Waals surface area contributed by atoms with Crippen LogP contribution in [0.5, 0.6) is 0 Å². The molecule has 0 aliphatic heterocycles. The number of aliphatic carboxylic acids is 1. The molecule has 1 atom stereocenters. The van der Waals surface area contributed by atoms with Crippen LogP contribution in [0.4, 0.5) is 0 Å². The fourth-order valence-corrected chi connectivity index (χ4v) is 3.00. The molecular weight excluding hydrogens is 306 g/mol. The molecule has 0 spiro atoms. The predicted octanol–water partition coefficient (Wildman–Crippen LogP) is 2.03. The second-order valence-corrected chi connectivity index (χ2v) is 6.28. The number of aryl methyl sites for hydroxylation is 2. The van der Waals surface area contributed by atoms with Gasteiger partial charge in [-0.2, -0.15) is 5.10 Å². The van der Waals surface area contributed by atoms with Gasteiger partial charge in [-0.25, -0.2) is 4.79 Å². The minimum absolute atomic E-state index is 0.00230. The molecule has 126 valence electrons. The zero-order valence-electron chi connectivity index (χ0n) is 13.8. The number of carboxylic acid groups (broad SMARTS) is 1. The zero-order chi connectivity index (χ0) is 17.3. The number of amides is 1. The average molecular weight is 327 g/mol. The second-order valence-electron chi connectivity index (χ2n) is 6.28. The monoisotopic (exact) mass is 327 g/mol. The van der Waals surface area contributed by atoms with Crippen molar-refractivity contribution in [2.75, 3.05) is 0 Å². The van der Waals surface area contributed by atoms with Gasteiger partial charge in [-0.1, -0.05) is 30.3 Å². The van der Waals surface area contributed by atoms with Crippen LogP contribution < -0.4 is 0 Å². The van der Waals surface area contributed by atoms with Gasteiger partial charge in [0.05, 0.1) is 5.69 Å². The predicted molar refractivity (Wildman–Crippen MR) is 88.7 cm³/mol. The van der Waals surface area contributed by atoms with Gasteiger partial charge in [-0.05, 0) is 31.4 Å². The van der Waals surface area contributed by atoms with Gasteiger partial charge in [-0.3, -0.25) is 9.48 Å². The van der Waals surface area contributed by atoms with Crippen molar-refractivity contribution in [2.45, 2.75) is 38.3 Å². The summed E-state index contributed by atoms with van der Waals surface area (Å²) >= 11 is 0. The molecule has 1 aliphatic rings. The average Bonchev–Trinajstić information content (AvgIpc) is 3.31. The van der Waals surface area contributed by atoms with Gasteiger partial charge in [0.1, 0.15) is 11.7 Å². The van der Waals surface area contributed by atoms with Crippen LogP contribution >= 0.6 is 0 Å². The van der Waals surface area contributed by atoms with Crippen molar-refractivity contribution in [3.05, 3.63) is 53.3 Å². The summed E-state index contributed by atoms with van der Waals surface area (Å²) in [5.41, 5.74) is 2.08. The van der Waals surface area contributed by atoms with Crippen LogP contribution in [-0.4, -0.2) is 43.7 Å². The van der Waals surface area contributed by atoms with Gasteiger partial charge in [0, 0.05) is 19.5 Å². The zero-order valence-corrected chi connectivity index (χ0v) is 13.8. The Bertz CT molecular complexity index is 750. The van der Waals surface area contributed by atoms with E-state index in [0.29, 0.717) is 12.1 Å². The molecule has 1 aromatic heterocycles. The summed E-state index contributed by atoms with van der Waals surface area (Å²) in [7, 11) is 1.71. The van der Waals surface area contributed by atoms with E-state index in [1.165, 1.54) is 9.58 Å². The van der Waals surface area contributed by atoms with E-state index in [-0.39, 0.29) is 11.9 Å². The first-order valence-electron chi connectivity index (χ1n) is 8.07. The molecule has 1 aromatic carbocycles. The quantitative estimate of drug-likeness (QED) is 0.881. The van der Waals surface area contributed by atoms with Gasteiger partial charge in [0.15, 0.2) is 0 Å². The highest BCUT2D eigenvalue weighted by Gasteiger charge is 2.41. The molecule has 1 fully saturated rings. The van der Waals surface area contributed by atoms with Crippen molar-refractivity contribution < 1.29 is 14.7 Å². The molecule has 1 saturated carbocycles. The Balaban J connectivity index is 1.91. The SMILES string of the molecule is Cc1cc(C(=O)N(C2CC2)[C@H](Cc2ccccc2)C(=O)O)n(C)n1. The number of carbonyl (C=O) groups excluding carboxylic acids is 1. The Labute approximate surface area is 140 Å². The third-order valence-corrected chi connectivity index (χ3v) is 4.29. The fraction of sp³-hybridized carbons (Fsp3) is 0.389. The molecule has 1 N–H and O–H groups in total. The minimum Gasteiger partial charge on any atom is -0.480 e. The van der Waals surface area contributed by atoms with E-state index in [1.807, 2.05) is 37.3 Å². The van der Waals surface area contributed by atoms with Crippen LogP contribution in [0.2, 0.25) is 0 Å². The highest BCUT2D eigenvalue weighted by atomic mass is 16.4. The molecule has 6 heteroatoms. The highest BCUT2D eigenvalue weighted by molar-refractivity contribution is 5.96. The second kappa shape index (κ2) is 6.47. The lowest BCUT2D eigenvalue weighted by Crippen LogP contribution is -2.48. The van der Waals surface area contributed by atoms with Gasteiger partial charge in [0.2, 0.25) is 0 Å². The lowest BCUT2D eigenvalue weighted by molar-refractivity contribution is -0.142. The van der Waals surface area contributed by atoms with E-state index in [1.54, 1.807) is 13.1 Å². The van der Waals surface area contributed by atoms with Gasteiger partial charge >= 0.3 is 5.97 Å². The van der Waals surface area contributed by atoms with Gasteiger partial charge in [0.25, 0.3) is 5.91 Å². The first-order chi connectivity index (χ1) is 11.5. The third kappa shape index (κ3) is 3.32. The van der Waals surface area contributed by atoms with Crippen molar-refractivity contribution in [2.24, 2.45) is 7.05 Å². The number of hydrogen-bond acceptors (Lipinski definition) is 3. The summed E-state index contributed by atoms with van der Waals surface area (Å²) in [6, 6.07) is 10.3. The topological polar surface area (TPSA) is 75.4 Å².